The Bertz CT molecular complexity index is 810. The lowest BCUT2D eigenvalue weighted by molar-refractivity contribution is -0.142. The summed E-state index contributed by atoms with van der Waals surface area (Å²) in [6.07, 6.45) is 2.77. The topological polar surface area (TPSA) is 97.8 Å². The molecule has 0 bridgehead atoms. The van der Waals surface area contributed by atoms with E-state index in [1.165, 1.54) is 7.11 Å². The fraction of sp³-hybridized carbons (Fsp3) is 0.389. The molecule has 2 rings (SSSR count). The second-order valence-corrected chi connectivity index (χ2v) is 5.98. The quantitative estimate of drug-likeness (QED) is 0.415. The first-order chi connectivity index (χ1) is 12.5. The predicted molar refractivity (Wildman–Crippen MR) is 97.8 cm³/mol. The van der Waals surface area contributed by atoms with Gasteiger partial charge in [0.25, 0.3) is 5.91 Å². The Balaban J connectivity index is 2.10. The smallest absolute Gasteiger partial charge is 0.325 e. The van der Waals surface area contributed by atoms with Crippen molar-refractivity contribution >= 4 is 34.2 Å². The highest BCUT2D eigenvalue weighted by molar-refractivity contribution is 6.35. The standard InChI is InChI=1S/C18H21ClN2O5/c1-3-4-5-8-26-14(22)10-20-18(24)15-16(23)13-9-11(25-2)6-7-12(13)17(19)21-15/h6-7,9,23H,3-5,8,10H2,1-2H3,(H,20,24). The highest BCUT2D eigenvalue weighted by Gasteiger charge is 2.19. The Kier molecular flexibility index (Phi) is 7.03. The molecule has 0 saturated carbocycles. The molecule has 0 unspecified atom stereocenters. The number of methoxy groups -OCH3 is 1. The van der Waals surface area contributed by atoms with Crippen molar-refractivity contribution in [3.05, 3.63) is 29.0 Å². The summed E-state index contributed by atoms with van der Waals surface area (Å²) in [5, 5.41) is 13.6. The average Bonchev–Trinajstić information content (AvgIpc) is 2.65. The monoisotopic (exact) mass is 380 g/mol. The van der Waals surface area contributed by atoms with Crippen molar-refractivity contribution in [2.45, 2.75) is 26.2 Å². The van der Waals surface area contributed by atoms with Crippen molar-refractivity contribution in [3.63, 3.8) is 0 Å². The number of amides is 1. The van der Waals surface area contributed by atoms with E-state index in [9.17, 15) is 14.7 Å². The van der Waals surface area contributed by atoms with Gasteiger partial charge >= 0.3 is 5.97 Å². The van der Waals surface area contributed by atoms with Crippen molar-refractivity contribution in [1.29, 1.82) is 0 Å². The fourth-order valence-corrected chi connectivity index (χ4v) is 2.60. The number of benzene rings is 1. The van der Waals surface area contributed by atoms with Crippen molar-refractivity contribution in [2.75, 3.05) is 20.3 Å². The van der Waals surface area contributed by atoms with Crippen LogP contribution in [0.4, 0.5) is 0 Å². The highest BCUT2D eigenvalue weighted by Crippen LogP contribution is 2.34. The number of hydrogen-bond donors (Lipinski definition) is 2. The normalized spacial score (nSPS) is 10.6. The number of carbonyl (C=O) groups excluding carboxylic acids is 2. The zero-order valence-corrected chi connectivity index (χ0v) is 15.4. The summed E-state index contributed by atoms with van der Waals surface area (Å²) in [5.41, 5.74) is -0.269. The van der Waals surface area contributed by atoms with Gasteiger partial charge in [-0.05, 0) is 24.6 Å². The van der Waals surface area contributed by atoms with Crippen molar-refractivity contribution in [2.24, 2.45) is 0 Å². The second kappa shape index (κ2) is 9.24. The maximum absolute atomic E-state index is 12.3. The summed E-state index contributed by atoms with van der Waals surface area (Å²) in [5.74, 6) is -1.11. The fourth-order valence-electron chi connectivity index (χ4n) is 2.35. The van der Waals surface area contributed by atoms with Gasteiger partial charge in [-0.15, -0.1) is 0 Å². The number of hydrogen-bond acceptors (Lipinski definition) is 6. The molecule has 0 aliphatic heterocycles. The van der Waals surface area contributed by atoms with Gasteiger partial charge < -0.3 is 19.9 Å². The molecule has 7 nitrogen and oxygen atoms in total. The molecule has 0 fully saturated rings. The number of unbranched alkanes of at least 4 members (excludes halogenated alkanes) is 2. The molecule has 2 aromatic rings. The zero-order valence-electron chi connectivity index (χ0n) is 14.7. The molecule has 0 spiro atoms. The van der Waals surface area contributed by atoms with Gasteiger partial charge in [0.05, 0.1) is 13.7 Å². The second-order valence-electron chi connectivity index (χ2n) is 5.62. The predicted octanol–water partition coefficient (Wildman–Crippen LogP) is 3.07. The van der Waals surface area contributed by atoms with Crippen LogP contribution in [-0.2, 0) is 9.53 Å². The number of esters is 1. The van der Waals surface area contributed by atoms with Gasteiger partial charge in [0.2, 0.25) is 0 Å². The van der Waals surface area contributed by atoms with Crippen LogP contribution in [0.1, 0.15) is 36.7 Å². The SMILES string of the molecule is CCCCCOC(=O)CNC(=O)c1nc(Cl)c2ccc(OC)cc2c1O. The van der Waals surface area contributed by atoms with Crippen LogP contribution in [0, 0.1) is 0 Å². The maximum atomic E-state index is 12.3. The number of rotatable bonds is 8. The van der Waals surface area contributed by atoms with E-state index in [0.29, 0.717) is 23.1 Å². The number of ether oxygens (including phenoxy) is 2. The van der Waals surface area contributed by atoms with E-state index in [0.717, 1.165) is 19.3 Å². The third-order valence-corrected chi connectivity index (χ3v) is 4.05. The lowest BCUT2D eigenvalue weighted by atomic mass is 10.1. The number of fused-ring (bicyclic) bond motifs is 1. The first kappa shape index (κ1) is 19.8. The highest BCUT2D eigenvalue weighted by atomic mass is 35.5. The minimum Gasteiger partial charge on any atom is -0.505 e. The minimum atomic E-state index is -0.723. The van der Waals surface area contributed by atoms with E-state index < -0.39 is 11.9 Å². The summed E-state index contributed by atoms with van der Waals surface area (Å²) in [6.45, 7) is 2.04. The van der Waals surface area contributed by atoms with Gasteiger partial charge in [0.15, 0.2) is 11.4 Å². The Morgan fingerprint density at radius 1 is 1.27 bits per heavy atom. The third-order valence-electron chi connectivity index (χ3n) is 3.76. The molecule has 2 N–H and O–H groups in total. The molecule has 1 aromatic carbocycles. The number of nitrogens with one attached hydrogen (secondary N) is 1. The van der Waals surface area contributed by atoms with Gasteiger partial charge in [-0.1, -0.05) is 31.4 Å². The summed E-state index contributed by atoms with van der Waals surface area (Å²) < 4.78 is 10.1. The largest absolute Gasteiger partial charge is 0.505 e. The minimum absolute atomic E-state index is 0.0627. The Labute approximate surface area is 156 Å². The van der Waals surface area contributed by atoms with Crippen LogP contribution < -0.4 is 10.1 Å². The molecule has 0 radical (unpaired) electrons. The molecule has 0 saturated heterocycles. The van der Waals surface area contributed by atoms with Crippen LogP contribution in [-0.4, -0.2) is 42.2 Å². The van der Waals surface area contributed by atoms with Gasteiger partial charge in [-0.3, -0.25) is 9.59 Å². The van der Waals surface area contributed by atoms with E-state index >= 15 is 0 Å². The van der Waals surface area contributed by atoms with Crippen molar-refractivity contribution < 1.29 is 24.2 Å². The summed E-state index contributed by atoms with van der Waals surface area (Å²) in [4.78, 5) is 27.8. The maximum Gasteiger partial charge on any atom is 0.325 e. The summed E-state index contributed by atoms with van der Waals surface area (Å²) in [7, 11) is 1.49. The van der Waals surface area contributed by atoms with Crippen LogP contribution in [0.3, 0.4) is 0 Å². The van der Waals surface area contributed by atoms with Crippen molar-refractivity contribution in [3.8, 4) is 11.5 Å². The molecule has 8 heteroatoms. The number of aromatic nitrogens is 1. The first-order valence-electron chi connectivity index (χ1n) is 8.28. The van der Waals surface area contributed by atoms with Crippen LogP contribution in [0.2, 0.25) is 5.15 Å². The molecular formula is C18H21ClN2O5. The van der Waals surface area contributed by atoms with Gasteiger partial charge in [-0.2, -0.15) is 0 Å². The van der Waals surface area contributed by atoms with E-state index in [4.69, 9.17) is 21.1 Å². The van der Waals surface area contributed by atoms with Crippen LogP contribution in [0.15, 0.2) is 18.2 Å². The molecule has 1 aromatic heterocycles. The van der Waals surface area contributed by atoms with E-state index in [1.807, 2.05) is 6.92 Å². The van der Waals surface area contributed by atoms with E-state index in [1.54, 1.807) is 18.2 Å². The average molecular weight is 381 g/mol. The molecular weight excluding hydrogens is 360 g/mol. The number of pyridine rings is 1. The van der Waals surface area contributed by atoms with Gasteiger partial charge in [0.1, 0.15) is 17.4 Å². The Hall–Kier alpha value is -2.54. The summed E-state index contributed by atoms with van der Waals surface area (Å²) in [6, 6.07) is 4.86. The number of nitrogens with zero attached hydrogens (tertiary/aromatic N) is 1. The molecule has 1 heterocycles. The molecule has 0 aliphatic carbocycles. The molecule has 26 heavy (non-hydrogen) atoms. The number of halogens is 1. The summed E-state index contributed by atoms with van der Waals surface area (Å²) >= 11 is 6.10. The van der Waals surface area contributed by atoms with Crippen molar-refractivity contribution in [1.82, 2.24) is 10.3 Å². The first-order valence-corrected chi connectivity index (χ1v) is 8.65. The lowest BCUT2D eigenvalue weighted by Crippen LogP contribution is -2.31. The number of carbonyl (C=O) groups is 2. The van der Waals surface area contributed by atoms with Gasteiger partial charge in [0, 0.05) is 10.8 Å². The molecule has 0 atom stereocenters. The zero-order chi connectivity index (χ0) is 19.1. The molecule has 140 valence electrons. The van der Waals surface area contributed by atoms with E-state index in [2.05, 4.69) is 10.3 Å². The Morgan fingerprint density at radius 2 is 2.04 bits per heavy atom. The van der Waals surface area contributed by atoms with Crippen LogP contribution in [0.5, 0.6) is 11.5 Å². The van der Waals surface area contributed by atoms with Crippen LogP contribution in [0.25, 0.3) is 10.8 Å². The molecule has 0 aliphatic rings. The van der Waals surface area contributed by atoms with Gasteiger partial charge in [-0.25, -0.2) is 4.98 Å². The lowest BCUT2D eigenvalue weighted by Gasteiger charge is -2.10. The van der Waals surface area contributed by atoms with E-state index in [-0.39, 0.29) is 23.1 Å². The third kappa shape index (κ3) is 4.76. The van der Waals surface area contributed by atoms with Crippen LogP contribution >= 0.6 is 11.6 Å². The Morgan fingerprint density at radius 3 is 2.73 bits per heavy atom. The number of aromatic hydroxyl groups is 1. The molecule has 1 amide bonds.